The number of oxime groups is 1. The zero-order valence-corrected chi connectivity index (χ0v) is 12.8. The number of rotatable bonds is 9. The van der Waals surface area contributed by atoms with E-state index < -0.39 is 9.84 Å². The van der Waals surface area contributed by atoms with Crippen LogP contribution in [0.3, 0.4) is 0 Å². The third-order valence-electron chi connectivity index (χ3n) is 2.85. The van der Waals surface area contributed by atoms with Gasteiger partial charge in [-0.1, -0.05) is 17.3 Å². The van der Waals surface area contributed by atoms with Gasteiger partial charge in [-0.05, 0) is 25.1 Å². The summed E-state index contributed by atoms with van der Waals surface area (Å²) in [5.74, 6) is -0.135. The lowest BCUT2D eigenvalue weighted by Gasteiger charge is -2.07. The number of methoxy groups -OCH3 is 1. The van der Waals surface area contributed by atoms with Crippen molar-refractivity contribution in [2.75, 3.05) is 32.6 Å². The van der Waals surface area contributed by atoms with Gasteiger partial charge in [0.25, 0.3) is 0 Å². The molecule has 0 atom stereocenters. The minimum Gasteiger partial charge on any atom is -0.409 e. The standard InChI is InChI=1S/C13H21N3O4S/c1-20-8-3-6-15-7-9-21(18,19)12-5-2-4-11(10-12)13(14)16-17/h2,4-5,10,15,17H,3,6-9H2,1H3,(H2,14,16). The molecule has 1 aromatic carbocycles. The lowest BCUT2D eigenvalue weighted by Crippen LogP contribution is -2.25. The summed E-state index contributed by atoms with van der Waals surface area (Å²) < 4.78 is 29.3. The molecule has 0 unspecified atom stereocenters. The Morgan fingerprint density at radius 2 is 2.19 bits per heavy atom. The molecule has 7 nitrogen and oxygen atoms in total. The molecule has 0 aliphatic rings. The lowest BCUT2D eigenvalue weighted by molar-refractivity contribution is 0.194. The van der Waals surface area contributed by atoms with Crippen LogP contribution in [-0.2, 0) is 14.6 Å². The summed E-state index contributed by atoms with van der Waals surface area (Å²) in [6.07, 6.45) is 0.829. The van der Waals surface area contributed by atoms with E-state index in [0.717, 1.165) is 6.42 Å². The van der Waals surface area contributed by atoms with Crippen molar-refractivity contribution in [1.82, 2.24) is 5.32 Å². The number of benzene rings is 1. The van der Waals surface area contributed by atoms with Crippen LogP contribution in [-0.4, -0.2) is 52.0 Å². The Morgan fingerprint density at radius 1 is 1.43 bits per heavy atom. The van der Waals surface area contributed by atoms with Gasteiger partial charge in [0.05, 0.1) is 10.6 Å². The van der Waals surface area contributed by atoms with E-state index in [0.29, 0.717) is 25.3 Å². The minimum absolute atomic E-state index is 0.0143. The van der Waals surface area contributed by atoms with Crippen LogP contribution >= 0.6 is 0 Å². The summed E-state index contributed by atoms with van der Waals surface area (Å²) in [5, 5.41) is 14.5. The van der Waals surface area contributed by atoms with Gasteiger partial charge in [0, 0.05) is 25.8 Å². The van der Waals surface area contributed by atoms with Gasteiger partial charge in [0.1, 0.15) is 0 Å². The predicted molar refractivity (Wildman–Crippen MR) is 80.4 cm³/mol. The van der Waals surface area contributed by atoms with E-state index in [9.17, 15) is 8.42 Å². The summed E-state index contributed by atoms with van der Waals surface area (Å²) in [5.41, 5.74) is 5.82. The van der Waals surface area contributed by atoms with E-state index in [1.807, 2.05) is 0 Å². The van der Waals surface area contributed by atoms with Crippen molar-refractivity contribution in [2.45, 2.75) is 11.3 Å². The Labute approximate surface area is 124 Å². The molecule has 0 radical (unpaired) electrons. The molecule has 1 aromatic rings. The van der Waals surface area contributed by atoms with Crippen LogP contribution in [0.5, 0.6) is 0 Å². The molecule has 0 amide bonds. The Balaban J connectivity index is 2.62. The summed E-state index contributed by atoms with van der Waals surface area (Å²) >= 11 is 0. The maximum atomic E-state index is 12.2. The molecule has 0 aromatic heterocycles. The summed E-state index contributed by atoms with van der Waals surface area (Å²) in [7, 11) is -1.78. The monoisotopic (exact) mass is 315 g/mol. The van der Waals surface area contributed by atoms with E-state index in [1.165, 1.54) is 12.1 Å². The van der Waals surface area contributed by atoms with E-state index in [2.05, 4.69) is 10.5 Å². The second kappa shape index (κ2) is 8.60. The highest BCUT2D eigenvalue weighted by atomic mass is 32.2. The number of sulfone groups is 1. The topological polar surface area (TPSA) is 114 Å². The van der Waals surface area contributed by atoms with Crippen LogP contribution in [0, 0.1) is 0 Å². The molecule has 0 saturated heterocycles. The predicted octanol–water partition coefficient (Wildman–Crippen LogP) is 0.181. The maximum Gasteiger partial charge on any atom is 0.179 e. The van der Waals surface area contributed by atoms with Crippen molar-refractivity contribution in [1.29, 1.82) is 0 Å². The number of ether oxygens (including phenoxy) is 1. The smallest absolute Gasteiger partial charge is 0.179 e. The lowest BCUT2D eigenvalue weighted by atomic mass is 10.2. The van der Waals surface area contributed by atoms with Gasteiger partial charge in [-0.25, -0.2) is 8.42 Å². The number of nitrogens with one attached hydrogen (secondary N) is 1. The van der Waals surface area contributed by atoms with E-state index >= 15 is 0 Å². The first-order valence-electron chi connectivity index (χ1n) is 6.51. The fourth-order valence-electron chi connectivity index (χ4n) is 1.70. The molecule has 8 heteroatoms. The van der Waals surface area contributed by atoms with Gasteiger partial charge < -0.3 is 21.0 Å². The van der Waals surface area contributed by atoms with Crippen molar-refractivity contribution in [3.05, 3.63) is 29.8 Å². The molecule has 0 fully saturated rings. The number of amidine groups is 1. The number of hydrogen-bond donors (Lipinski definition) is 3. The molecule has 0 saturated carbocycles. The zero-order valence-electron chi connectivity index (χ0n) is 11.9. The Morgan fingerprint density at radius 3 is 2.86 bits per heavy atom. The normalized spacial score (nSPS) is 12.5. The molecule has 0 aliphatic carbocycles. The average molecular weight is 315 g/mol. The molecule has 4 N–H and O–H groups in total. The Hall–Kier alpha value is -1.64. The highest BCUT2D eigenvalue weighted by Gasteiger charge is 2.15. The van der Waals surface area contributed by atoms with Crippen molar-refractivity contribution < 1.29 is 18.4 Å². The number of hydrogen-bond acceptors (Lipinski definition) is 6. The van der Waals surface area contributed by atoms with Crippen molar-refractivity contribution in [3.63, 3.8) is 0 Å². The number of nitrogens with zero attached hydrogens (tertiary/aromatic N) is 1. The summed E-state index contributed by atoms with van der Waals surface area (Å²) in [6, 6.07) is 6.03. The van der Waals surface area contributed by atoms with Crippen molar-refractivity contribution >= 4 is 15.7 Å². The Kier molecular flexibility index (Phi) is 7.13. The van der Waals surface area contributed by atoms with E-state index in [4.69, 9.17) is 15.7 Å². The second-order valence-corrected chi connectivity index (χ2v) is 6.54. The van der Waals surface area contributed by atoms with Crippen molar-refractivity contribution in [2.24, 2.45) is 10.9 Å². The third kappa shape index (κ3) is 5.70. The molecule has 0 aliphatic heterocycles. The number of nitrogens with two attached hydrogens (primary N) is 1. The highest BCUT2D eigenvalue weighted by molar-refractivity contribution is 7.91. The summed E-state index contributed by atoms with van der Waals surface area (Å²) in [4.78, 5) is 0.158. The van der Waals surface area contributed by atoms with Gasteiger partial charge in [-0.3, -0.25) is 0 Å². The second-order valence-electron chi connectivity index (χ2n) is 4.43. The quantitative estimate of drug-likeness (QED) is 0.197. The minimum atomic E-state index is -3.40. The van der Waals surface area contributed by atoms with Gasteiger partial charge in [0.15, 0.2) is 15.7 Å². The van der Waals surface area contributed by atoms with Gasteiger partial charge >= 0.3 is 0 Å². The maximum absolute atomic E-state index is 12.2. The van der Waals surface area contributed by atoms with Crippen molar-refractivity contribution in [3.8, 4) is 0 Å². The Bertz CT molecular complexity index is 573. The molecule has 1 rings (SSSR count). The van der Waals surface area contributed by atoms with Gasteiger partial charge in [0.2, 0.25) is 0 Å². The first kappa shape index (κ1) is 17.4. The molecular formula is C13H21N3O4S. The first-order chi connectivity index (χ1) is 10.0. The zero-order chi connectivity index (χ0) is 15.7. The van der Waals surface area contributed by atoms with Crippen LogP contribution in [0.4, 0.5) is 0 Å². The first-order valence-corrected chi connectivity index (χ1v) is 8.17. The van der Waals surface area contributed by atoms with Crippen LogP contribution in [0.2, 0.25) is 0 Å². The van der Waals surface area contributed by atoms with E-state index in [-0.39, 0.29) is 16.5 Å². The van der Waals surface area contributed by atoms with Crippen LogP contribution in [0.1, 0.15) is 12.0 Å². The summed E-state index contributed by atoms with van der Waals surface area (Å²) in [6.45, 7) is 1.70. The SMILES string of the molecule is COCCCNCCS(=O)(=O)c1cccc(/C(N)=N/O)c1. The molecule has 0 heterocycles. The third-order valence-corrected chi connectivity index (χ3v) is 4.56. The van der Waals surface area contributed by atoms with E-state index in [1.54, 1.807) is 19.2 Å². The average Bonchev–Trinajstić information content (AvgIpc) is 2.50. The fourth-order valence-corrected chi connectivity index (χ4v) is 2.94. The van der Waals surface area contributed by atoms with Crippen LogP contribution in [0.25, 0.3) is 0 Å². The van der Waals surface area contributed by atoms with Gasteiger partial charge in [-0.2, -0.15) is 0 Å². The molecule has 0 bridgehead atoms. The van der Waals surface area contributed by atoms with Crippen LogP contribution < -0.4 is 11.1 Å². The highest BCUT2D eigenvalue weighted by Crippen LogP contribution is 2.13. The molecule has 0 spiro atoms. The van der Waals surface area contributed by atoms with Crippen LogP contribution in [0.15, 0.2) is 34.3 Å². The largest absolute Gasteiger partial charge is 0.409 e. The molecular weight excluding hydrogens is 294 g/mol. The van der Waals surface area contributed by atoms with Gasteiger partial charge in [-0.15, -0.1) is 0 Å². The fraction of sp³-hybridized carbons (Fsp3) is 0.462. The molecule has 21 heavy (non-hydrogen) atoms. The molecule has 118 valence electrons.